The number of aliphatic hydroxyl groups excluding tert-OH is 1. The van der Waals surface area contributed by atoms with Crippen molar-refractivity contribution in [2.45, 2.75) is 24.3 Å². The van der Waals surface area contributed by atoms with Gasteiger partial charge in [-0.2, -0.15) is 13.2 Å². The van der Waals surface area contributed by atoms with Crippen LogP contribution < -0.4 is 0 Å². The third kappa shape index (κ3) is 2.86. The molecule has 2 aliphatic heterocycles. The normalized spacial score (nSPS) is 21.8. The number of nitrogens with zero attached hydrogens (tertiary/aromatic N) is 2. The number of alkyl halides is 3. The zero-order valence-corrected chi connectivity index (χ0v) is 13.5. The summed E-state index contributed by atoms with van der Waals surface area (Å²) in [6, 6.07) is 4.55. The molecule has 4 rings (SSSR count). The third-order valence-corrected chi connectivity index (χ3v) is 4.66. The van der Waals surface area contributed by atoms with Crippen LogP contribution in [-0.4, -0.2) is 52.3 Å². The van der Waals surface area contributed by atoms with Gasteiger partial charge in [0.05, 0.1) is 31.4 Å². The molecule has 1 aromatic heterocycles. The average molecular weight is 368 g/mol. The monoisotopic (exact) mass is 368 g/mol. The molecule has 138 valence electrons. The van der Waals surface area contributed by atoms with Crippen LogP contribution in [0.4, 0.5) is 13.2 Å². The molecule has 1 spiro atoms. The second kappa shape index (κ2) is 5.82. The lowest BCUT2D eigenvalue weighted by molar-refractivity contribution is -0.137. The summed E-state index contributed by atoms with van der Waals surface area (Å²) in [5.74, 6) is -0.448. The van der Waals surface area contributed by atoms with E-state index in [0.29, 0.717) is 19.5 Å². The first-order chi connectivity index (χ1) is 12.3. The van der Waals surface area contributed by atoms with Gasteiger partial charge in [0.1, 0.15) is 5.60 Å². The molecule has 0 radical (unpaired) electrons. The molecule has 0 aliphatic carbocycles. The molecule has 2 aromatic rings. The first kappa shape index (κ1) is 17.0. The van der Waals surface area contributed by atoms with Crippen LogP contribution in [0.15, 0.2) is 35.1 Å². The number of benzene rings is 1. The number of halogens is 3. The lowest BCUT2D eigenvalue weighted by Crippen LogP contribution is -2.63. The third-order valence-electron chi connectivity index (χ3n) is 4.66. The van der Waals surface area contributed by atoms with Gasteiger partial charge in [-0.05, 0) is 12.1 Å². The van der Waals surface area contributed by atoms with Crippen LogP contribution in [0.1, 0.15) is 22.5 Å². The van der Waals surface area contributed by atoms with Crippen molar-refractivity contribution in [3.05, 3.63) is 41.9 Å². The molecular weight excluding hydrogens is 353 g/mol. The Kier molecular flexibility index (Phi) is 3.81. The van der Waals surface area contributed by atoms with Crippen molar-refractivity contribution in [1.29, 1.82) is 0 Å². The van der Waals surface area contributed by atoms with Gasteiger partial charge >= 0.3 is 6.18 Å². The molecule has 1 atom stereocenters. The Labute approximate surface area is 146 Å². The molecule has 1 aromatic carbocycles. The second-order valence-electron chi connectivity index (χ2n) is 6.62. The summed E-state index contributed by atoms with van der Waals surface area (Å²) >= 11 is 0. The highest BCUT2D eigenvalue weighted by molar-refractivity contribution is 5.98. The van der Waals surface area contributed by atoms with Gasteiger partial charge in [0.15, 0.2) is 17.8 Å². The van der Waals surface area contributed by atoms with Crippen LogP contribution >= 0.6 is 0 Å². The Morgan fingerprint density at radius 3 is 2.77 bits per heavy atom. The van der Waals surface area contributed by atoms with Gasteiger partial charge in [-0.15, -0.1) is 0 Å². The molecule has 1 N–H and O–H groups in total. The van der Waals surface area contributed by atoms with Gasteiger partial charge in [0.2, 0.25) is 0 Å². The molecular formula is C17H15F3N2O4. The summed E-state index contributed by atoms with van der Waals surface area (Å²) in [7, 11) is 0. The number of oxazole rings is 1. The maximum atomic E-state index is 12.9. The number of likely N-dealkylation sites (tertiary alicyclic amines) is 1. The molecule has 3 heterocycles. The summed E-state index contributed by atoms with van der Waals surface area (Å²) in [6.07, 6.45) is -3.55. The standard InChI is InChI=1S/C17H15F3N2O4/c18-17(19,20)11-3-1-2-10(4-11)14-13(21-9-25-14)15(24)22-7-16(8-22)5-12(23)6-26-16/h1-4,9,12,23H,5-8H2. The van der Waals surface area contributed by atoms with E-state index in [1.54, 1.807) is 0 Å². The van der Waals surface area contributed by atoms with Crippen molar-refractivity contribution < 1.29 is 32.2 Å². The van der Waals surface area contributed by atoms with Crippen molar-refractivity contribution in [2.24, 2.45) is 0 Å². The highest BCUT2D eigenvalue weighted by Crippen LogP contribution is 2.37. The van der Waals surface area contributed by atoms with Crippen molar-refractivity contribution in [2.75, 3.05) is 19.7 Å². The Morgan fingerprint density at radius 2 is 2.12 bits per heavy atom. The maximum absolute atomic E-state index is 12.9. The van der Waals surface area contributed by atoms with E-state index in [0.717, 1.165) is 18.5 Å². The van der Waals surface area contributed by atoms with Gasteiger partial charge in [-0.25, -0.2) is 4.98 Å². The summed E-state index contributed by atoms with van der Waals surface area (Å²) in [4.78, 5) is 18.0. The van der Waals surface area contributed by atoms with Crippen LogP contribution in [0.5, 0.6) is 0 Å². The number of amides is 1. The summed E-state index contributed by atoms with van der Waals surface area (Å²) < 4.78 is 49.5. The number of rotatable bonds is 2. The van der Waals surface area contributed by atoms with Crippen LogP contribution in [-0.2, 0) is 10.9 Å². The van der Waals surface area contributed by atoms with Gasteiger partial charge in [-0.3, -0.25) is 4.79 Å². The van der Waals surface area contributed by atoms with E-state index in [4.69, 9.17) is 9.15 Å². The Balaban J connectivity index is 1.56. The van der Waals surface area contributed by atoms with Crippen LogP contribution in [0.3, 0.4) is 0 Å². The molecule has 0 saturated carbocycles. The SMILES string of the molecule is O=C(c1ncoc1-c1cccc(C(F)(F)F)c1)N1CC2(CC(O)CO2)C1. The second-order valence-corrected chi connectivity index (χ2v) is 6.62. The Hall–Kier alpha value is -2.39. The van der Waals surface area contributed by atoms with Crippen LogP contribution in [0, 0.1) is 0 Å². The van der Waals surface area contributed by atoms with Crippen LogP contribution in [0.2, 0.25) is 0 Å². The minimum atomic E-state index is -4.50. The maximum Gasteiger partial charge on any atom is 0.416 e. The van der Waals surface area contributed by atoms with Gasteiger partial charge in [0.25, 0.3) is 5.91 Å². The molecule has 1 unspecified atom stereocenters. The molecule has 2 fully saturated rings. The predicted molar refractivity (Wildman–Crippen MR) is 82.2 cm³/mol. The van der Waals surface area contributed by atoms with Gasteiger partial charge < -0.3 is 19.2 Å². The predicted octanol–water partition coefficient (Wildman–Crippen LogP) is 2.34. The highest BCUT2D eigenvalue weighted by atomic mass is 19.4. The molecule has 26 heavy (non-hydrogen) atoms. The van der Waals surface area contributed by atoms with Crippen molar-refractivity contribution in [3.8, 4) is 11.3 Å². The van der Waals surface area contributed by atoms with Gasteiger partial charge in [-0.1, -0.05) is 12.1 Å². The first-order valence-corrected chi connectivity index (χ1v) is 8.00. The van der Waals surface area contributed by atoms with E-state index in [1.807, 2.05) is 0 Å². The van der Waals surface area contributed by atoms with E-state index in [-0.39, 0.29) is 23.6 Å². The fourth-order valence-electron chi connectivity index (χ4n) is 3.42. The van der Waals surface area contributed by atoms with E-state index < -0.39 is 29.4 Å². The van der Waals surface area contributed by atoms with Crippen molar-refractivity contribution in [1.82, 2.24) is 9.88 Å². The Morgan fingerprint density at radius 1 is 1.35 bits per heavy atom. The number of aromatic nitrogens is 1. The van der Waals surface area contributed by atoms with Crippen molar-refractivity contribution >= 4 is 5.91 Å². The number of hydrogen-bond donors (Lipinski definition) is 1. The average Bonchev–Trinajstić information content (AvgIpc) is 3.19. The molecule has 1 amide bonds. The zero-order chi connectivity index (χ0) is 18.5. The Bertz CT molecular complexity index is 843. The number of carbonyl (C=O) groups is 1. The molecule has 2 aliphatic rings. The molecule has 2 saturated heterocycles. The van der Waals surface area contributed by atoms with Crippen LogP contribution in [0.25, 0.3) is 11.3 Å². The summed E-state index contributed by atoms with van der Waals surface area (Å²) in [5, 5.41) is 9.58. The zero-order valence-electron chi connectivity index (χ0n) is 13.5. The van der Waals surface area contributed by atoms with E-state index in [1.165, 1.54) is 17.0 Å². The minimum absolute atomic E-state index is 0.00516. The molecule has 0 bridgehead atoms. The number of aliphatic hydroxyl groups is 1. The number of carbonyl (C=O) groups excluding carboxylic acids is 1. The highest BCUT2D eigenvalue weighted by Gasteiger charge is 2.51. The minimum Gasteiger partial charge on any atom is -0.443 e. The lowest BCUT2D eigenvalue weighted by Gasteiger charge is -2.46. The summed E-state index contributed by atoms with van der Waals surface area (Å²) in [6.45, 7) is 0.844. The van der Waals surface area contributed by atoms with Crippen molar-refractivity contribution in [3.63, 3.8) is 0 Å². The number of ether oxygens (including phenoxy) is 1. The smallest absolute Gasteiger partial charge is 0.416 e. The van der Waals surface area contributed by atoms with E-state index in [2.05, 4.69) is 4.98 Å². The summed E-state index contributed by atoms with van der Waals surface area (Å²) in [5.41, 5.74) is -1.28. The molecule has 9 heteroatoms. The fraction of sp³-hybridized carbons (Fsp3) is 0.412. The largest absolute Gasteiger partial charge is 0.443 e. The lowest BCUT2D eigenvalue weighted by atomic mass is 9.89. The van der Waals surface area contributed by atoms with E-state index >= 15 is 0 Å². The first-order valence-electron chi connectivity index (χ1n) is 8.00. The number of hydrogen-bond acceptors (Lipinski definition) is 5. The molecule has 6 nitrogen and oxygen atoms in total. The fourth-order valence-corrected chi connectivity index (χ4v) is 3.42. The topological polar surface area (TPSA) is 75.8 Å². The quantitative estimate of drug-likeness (QED) is 0.881. The van der Waals surface area contributed by atoms with E-state index in [9.17, 15) is 23.1 Å². The van der Waals surface area contributed by atoms with Gasteiger partial charge in [0, 0.05) is 12.0 Å².